The van der Waals surface area contributed by atoms with Gasteiger partial charge in [0.15, 0.2) is 0 Å². The Labute approximate surface area is 152 Å². The predicted octanol–water partition coefficient (Wildman–Crippen LogP) is 2.86. The van der Waals surface area contributed by atoms with E-state index in [1.807, 2.05) is 37.3 Å². The second kappa shape index (κ2) is 8.08. The highest BCUT2D eigenvalue weighted by Crippen LogP contribution is 2.30. The van der Waals surface area contributed by atoms with Gasteiger partial charge in [-0.3, -0.25) is 4.79 Å². The van der Waals surface area contributed by atoms with Crippen LogP contribution in [-0.2, 0) is 4.74 Å². The Morgan fingerprint density at radius 3 is 2.72 bits per heavy atom. The van der Waals surface area contributed by atoms with Crippen LogP contribution in [0.2, 0.25) is 0 Å². The minimum absolute atomic E-state index is 0.0162. The number of rotatable bonds is 6. The molecule has 0 saturated carbocycles. The second-order valence-corrected chi connectivity index (χ2v) is 7.85. The number of nitrogens with zero attached hydrogens (tertiary/aromatic N) is 1. The lowest BCUT2D eigenvalue weighted by atomic mass is 9.79. The van der Waals surface area contributed by atoms with Gasteiger partial charge >= 0.3 is 0 Å². The number of aryl methyl sites for hydroxylation is 1. The molecule has 0 atom stereocenters. The minimum atomic E-state index is -0.0431. The van der Waals surface area contributed by atoms with Crippen molar-refractivity contribution in [3.63, 3.8) is 0 Å². The van der Waals surface area contributed by atoms with Crippen molar-refractivity contribution in [1.82, 2.24) is 15.6 Å². The molecule has 1 amide bonds. The van der Waals surface area contributed by atoms with Crippen LogP contribution in [-0.4, -0.2) is 44.2 Å². The number of aromatic nitrogens is 1. The molecule has 1 fully saturated rings. The first-order valence-electron chi connectivity index (χ1n) is 8.64. The molecule has 134 valence electrons. The number of hydrogen-bond acceptors (Lipinski definition) is 5. The predicted molar refractivity (Wildman–Crippen MR) is 101 cm³/mol. The van der Waals surface area contributed by atoms with Gasteiger partial charge in [-0.2, -0.15) is 0 Å². The zero-order chi connectivity index (χ0) is 17.7. The molecule has 1 aliphatic heterocycles. The molecule has 6 heteroatoms. The average Bonchev–Trinajstić information content (AvgIpc) is 3.03. The molecule has 25 heavy (non-hydrogen) atoms. The van der Waals surface area contributed by atoms with E-state index in [-0.39, 0.29) is 11.3 Å². The van der Waals surface area contributed by atoms with Gasteiger partial charge in [-0.25, -0.2) is 4.98 Å². The molecule has 1 aromatic heterocycles. The zero-order valence-corrected chi connectivity index (χ0v) is 15.6. The van der Waals surface area contributed by atoms with Gasteiger partial charge in [0.25, 0.3) is 5.91 Å². The second-order valence-electron chi connectivity index (χ2n) is 6.64. The molecule has 0 aliphatic carbocycles. The third kappa shape index (κ3) is 4.26. The molecule has 5 nitrogen and oxygen atoms in total. The topological polar surface area (TPSA) is 63.2 Å². The van der Waals surface area contributed by atoms with Crippen LogP contribution in [0.5, 0.6) is 0 Å². The molecule has 2 N–H and O–H groups in total. The van der Waals surface area contributed by atoms with Crippen molar-refractivity contribution in [3.05, 3.63) is 40.2 Å². The summed E-state index contributed by atoms with van der Waals surface area (Å²) >= 11 is 1.45. The van der Waals surface area contributed by atoms with E-state index in [2.05, 4.69) is 15.6 Å². The van der Waals surface area contributed by atoms with Gasteiger partial charge in [-0.05, 0) is 32.9 Å². The molecular formula is C19H25N3O2S. The molecule has 1 saturated heterocycles. The van der Waals surface area contributed by atoms with Crippen molar-refractivity contribution in [1.29, 1.82) is 0 Å². The first-order chi connectivity index (χ1) is 12.1. The average molecular weight is 359 g/mol. The van der Waals surface area contributed by atoms with Gasteiger partial charge in [-0.1, -0.05) is 30.3 Å². The summed E-state index contributed by atoms with van der Waals surface area (Å²) in [6.45, 7) is 5.17. The molecule has 2 aromatic rings. The highest BCUT2D eigenvalue weighted by Gasteiger charge is 2.33. The van der Waals surface area contributed by atoms with Gasteiger partial charge < -0.3 is 15.4 Å². The van der Waals surface area contributed by atoms with Crippen LogP contribution < -0.4 is 10.6 Å². The minimum Gasteiger partial charge on any atom is -0.384 e. The summed E-state index contributed by atoms with van der Waals surface area (Å²) in [5.74, 6) is -0.0431. The lowest BCUT2D eigenvalue weighted by molar-refractivity contribution is 0.0512. The Kier molecular flexibility index (Phi) is 5.83. The summed E-state index contributed by atoms with van der Waals surface area (Å²) in [5.41, 5.74) is 1.76. The molecule has 0 spiro atoms. The molecular weight excluding hydrogens is 334 g/mol. The van der Waals surface area contributed by atoms with Crippen molar-refractivity contribution in [2.75, 3.05) is 33.4 Å². The molecule has 2 heterocycles. The van der Waals surface area contributed by atoms with Crippen LogP contribution in [0.1, 0.15) is 27.5 Å². The largest absolute Gasteiger partial charge is 0.384 e. The highest BCUT2D eigenvalue weighted by atomic mass is 32.1. The molecule has 3 rings (SSSR count). The monoisotopic (exact) mass is 359 g/mol. The first kappa shape index (κ1) is 18.0. The number of ether oxygens (including phenoxy) is 1. The molecule has 0 radical (unpaired) electrons. The molecule has 0 unspecified atom stereocenters. The van der Waals surface area contributed by atoms with E-state index in [1.165, 1.54) is 11.3 Å². The number of hydrogen-bond donors (Lipinski definition) is 2. The van der Waals surface area contributed by atoms with E-state index in [9.17, 15) is 4.79 Å². The quantitative estimate of drug-likeness (QED) is 0.832. The summed E-state index contributed by atoms with van der Waals surface area (Å²) in [7, 11) is 1.73. The van der Waals surface area contributed by atoms with Crippen LogP contribution >= 0.6 is 11.3 Å². The smallest absolute Gasteiger partial charge is 0.263 e. The third-order valence-electron chi connectivity index (χ3n) is 4.73. The van der Waals surface area contributed by atoms with E-state index in [0.29, 0.717) is 18.0 Å². The Balaban J connectivity index is 1.75. The Morgan fingerprint density at radius 1 is 1.32 bits per heavy atom. The van der Waals surface area contributed by atoms with Crippen molar-refractivity contribution in [2.45, 2.75) is 19.8 Å². The Morgan fingerprint density at radius 2 is 2.04 bits per heavy atom. The maximum Gasteiger partial charge on any atom is 0.263 e. The lowest BCUT2D eigenvalue weighted by Crippen LogP contribution is -2.47. The SMILES string of the molecule is COCC1(CNC(=O)c2sc(C)nc2-c2ccccc2)CCNCC1. The fraction of sp³-hybridized carbons (Fsp3) is 0.474. The fourth-order valence-electron chi connectivity index (χ4n) is 3.36. The summed E-state index contributed by atoms with van der Waals surface area (Å²) in [4.78, 5) is 18.1. The van der Waals surface area contributed by atoms with Gasteiger partial charge in [-0.15, -0.1) is 11.3 Å². The zero-order valence-electron chi connectivity index (χ0n) is 14.8. The van der Waals surface area contributed by atoms with Crippen molar-refractivity contribution < 1.29 is 9.53 Å². The van der Waals surface area contributed by atoms with Crippen LogP contribution in [0.15, 0.2) is 30.3 Å². The number of nitrogens with one attached hydrogen (secondary N) is 2. The molecule has 1 aromatic carbocycles. The first-order valence-corrected chi connectivity index (χ1v) is 9.46. The van der Waals surface area contributed by atoms with E-state index in [0.717, 1.165) is 42.2 Å². The molecule has 1 aliphatic rings. The van der Waals surface area contributed by atoms with Crippen LogP contribution in [0.3, 0.4) is 0 Å². The van der Waals surface area contributed by atoms with E-state index in [1.54, 1.807) is 7.11 Å². The number of methoxy groups -OCH3 is 1. The Bertz CT molecular complexity index is 703. The number of thiazole rings is 1. The summed E-state index contributed by atoms with van der Waals surface area (Å²) in [6.07, 6.45) is 2.02. The van der Waals surface area contributed by atoms with Crippen LogP contribution in [0, 0.1) is 12.3 Å². The summed E-state index contributed by atoms with van der Waals surface area (Å²) in [5, 5.41) is 7.42. The number of carbonyl (C=O) groups is 1. The number of piperidine rings is 1. The maximum atomic E-state index is 12.8. The van der Waals surface area contributed by atoms with Gasteiger partial charge in [0.1, 0.15) is 4.88 Å². The van der Waals surface area contributed by atoms with Gasteiger partial charge in [0, 0.05) is 24.6 Å². The van der Waals surface area contributed by atoms with Crippen molar-refractivity contribution in [3.8, 4) is 11.3 Å². The van der Waals surface area contributed by atoms with Gasteiger partial charge in [0.05, 0.1) is 17.3 Å². The summed E-state index contributed by atoms with van der Waals surface area (Å²) in [6, 6.07) is 9.88. The van der Waals surface area contributed by atoms with Crippen molar-refractivity contribution in [2.24, 2.45) is 5.41 Å². The maximum absolute atomic E-state index is 12.8. The number of amides is 1. The summed E-state index contributed by atoms with van der Waals surface area (Å²) < 4.78 is 5.43. The van der Waals surface area contributed by atoms with Crippen LogP contribution in [0.25, 0.3) is 11.3 Å². The van der Waals surface area contributed by atoms with Crippen molar-refractivity contribution >= 4 is 17.2 Å². The third-order valence-corrected chi connectivity index (χ3v) is 5.70. The fourth-order valence-corrected chi connectivity index (χ4v) is 4.21. The van der Waals surface area contributed by atoms with E-state index in [4.69, 9.17) is 4.74 Å². The van der Waals surface area contributed by atoms with Gasteiger partial charge in [0.2, 0.25) is 0 Å². The van der Waals surface area contributed by atoms with E-state index >= 15 is 0 Å². The van der Waals surface area contributed by atoms with Crippen LogP contribution in [0.4, 0.5) is 0 Å². The Hall–Kier alpha value is -1.76. The normalized spacial score (nSPS) is 16.6. The number of benzene rings is 1. The standard InChI is InChI=1S/C19H25N3O2S/c1-14-22-16(15-6-4-3-5-7-15)17(25-14)18(23)21-12-19(13-24-2)8-10-20-11-9-19/h3-7,20H,8-13H2,1-2H3,(H,21,23). The van der Waals surface area contributed by atoms with E-state index < -0.39 is 0 Å². The molecule has 0 bridgehead atoms. The highest BCUT2D eigenvalue weighted by molar-refractivity contribution is 7.14. The lowest BCUT2D eigenvalue weighted by Gasteiger charge is -2.37. The number of carbonyl (C=O) groups excluding carboxylic acids is 1.